The van der Waals surface area contributed by atoms with E-state index < -0.39 is 6.09 Å². The molecule has 0 aliphatic carbocycles. The Morgan fingerprint density at radius 3 is 2.88 bits per heavy atom. The second-order valence-corrected chi connectivity index (χ2v) is 10.3. The molecule has 2 saturated heterocycles. The van der Waals surface area contributed by atoms with Gasteiger partial charge in [-0.05, 0) is 56.3 Å². The molecule has 2 amide bonds. The van der Waals surface area contributed by atoms with Gasteiger partial charge < -0.3 is 29.7 Å². The molecule has 6 rings (SSSR count). The average molecular weight is 545 g/mol. The third-order valence-electron chi connectivity index (χ3n) is 7.16. The van der Waals surface area contributed by atoms with E-state index in [2.05, 4.69) is 45.8 Å². The van der Waals surface area contributed by atoms with E-state index in [1.54, 1.807) is 12.1 Å². The van der Waals surface area contributed by atoms with Crippen molar-refractivity contribution in [2.45, 2.75) is 31.6 Å². The lowest BCUT2D eigenvalue weighted by Gasteiger charge is -2.19. The van der Waals surface area contributed by atoms with Crippen molar-refractivity contribution in [3.8, 4) is 22.9 Å². The molecule has 40 heavy (non-hydrogen) atoms. The molecular formula is C29H32N6O5. The molecule has 208 valence electrons. The number of amides is 2. The maximum Gasteiger partial charge on any atom is 0.415 e. The van der Waals surface area contributed by atoms with Gasteiger partial charge in [0.15, 0.2) is 18.2 Å². The Labute approximate surface area is 232 Å². The van der Waals surface area contributed by atoms with Crippen LogP contribution in [0.2, 0.25) is 0 Å². The van der Waals surface area contributed by atoms with E-state index in [1.807, 2.05) is 24.3 Å². The molecule has 0 spiro atoms. The van der Waals surface area contributed by atoms with Crippen LogP contribution in [-0.2, 0) is 16.1 Å². The van der Waals surface area contributed by atoms with Gasteiger partial charge in [-0.15, -0.1) is 0 Å². The van der Waals surface area contributed by atoms with Gasteiger partial charge >= 0.3 is 6.09 Å². The largest absolute Gasteiger partial charge is 0.480 e. The SMILES string of the molecule is CN1CC[C@H](Oc2cccc(-c3cccc(CNCC[C@H]4CN(c5ccc6c(n5)NC(=O)CO6)C(=O)O4)c3)n2)C1. The molecule has 2 N–H and O–H groups in total. The van der Waals surface area contributed by atoms with Gasteiger partial charge in [0, 0.05) is 31.3 Å². The molecule has 0 bridgehead atoms. The van der Waals surface area contributed by atoms with E-state index in [1.165, 1.54) is 4.90 Å². The fraction of sp³-hybridized carbons (Fsp3) is 0.379. The zero-order valence-electron chi connectivity index (χ0n) is 22.3. The van der Waals surface area contributed by atoms with Gasteiger partial charge in [0.05, 0.1) is 12.2 Å². The summed E-state index contributed by atoms with van der Waals surface area (Å²) >= 11 is 0. The monoisotopic (exact) mass is 544 g/mol. The number of carbonyl (C=O) groups is 2. The van der Waals surface area contributed by atoms with Gasteiger partial charge in [0.1, 0.15) is 18.0 Å². The third-order valence-corrected chi connectivity index (χ3v) is 7.16. The predicted molar refractivity (Wildman–Crippen MR) is 149 cm³/mol. The van der Waals surface area contributed by atoms with E-state index in [0.717, 1.165) is 36.3 Å². The second-order valence-electron chi connectivity index (χ2n) is 10.3. The summed E-state index contributed by atoms with van der Waals surface area (Å²) in [5.41, 5.74) is 3.05. The predicted octanol–water partition coefficient (Wildman–Crippen LogP) is 3.06. The van der Waals surface area contributed by atoms with Crippen LogP contribution in [0.15, 0.2) is 54.6 Å². The number of nitrogens with zero attached hydrogens (tertiary/aromatic N) is 4. The zero-order chi connectivity index (χ0) is 27.5. The van der Waals surface area contributed by atoms with Crippen LogP contribution in [0.1, 0.15) is 18.4 Å². The van der Waals surface area contributed by atoms with Crippen molar-refractivity contribution in [2.24, 2.45) is 0 Å². The zero-order valence-corrected chi connectivity index (χ0v) is 22.3. The van der Waals surface area contributed by atoms with Crippen LogP contribution in [0, 0.1) is 0 Å². The number of rotatable bonds is 9. The molecule has 0 radical (unpaired) electrons. The number of anilines is 2. The van der Waals surface area contributed by atoms with Crippen LogP contribution in [0.5, 0.6) is 11.6 Å². The standard InChI is InChI=1S/C29H32N6O5/c1-34-13-11-22(16-34)39-27-7-3-6-23(31-27)20-5-2-4-19(14-20)15-30-12-10-21-17-35(29(37)40-21)25-9-8-24-28(32-25)33-26(36)18-38-24/h2-9,14,21-22,30H,10-13,15-18H2,1H3,(H,32,33,36)/t21-,22-/m0/s1. The number of likely N-dealkylation sites (N-methyl/N-ethyl adjacent to an activating group) is 1. The summed E-state index contributed by atoms with van der Waals surface area (Å²) in [5, 5.41) is 6.11. The number of hydrogen-bond acceptors (Lipinski definition) is 9. The lowest BCUT2D eigenvalue weighted by atomic mass is 10.1. The van der Waals surface area contributed by atoms with Gasteiger partial charge in [-0.1, -0.05) is 24.3 Å². The minimum atomic E-state index is -0.452. The summed E-state index contributed by atoms with van der Waals surface area (Å²) < 4.78 is 17.0. The number of carbonyl (C=O) groups excluding carboxylic acids is 2. The number of benzene rings is 1. The first-order chi connectivity index (χ1) is 19.5. The van der Waals surface area contributed by atoms with E-state index >= 15 is 0 Å². The first-order valence-electron chi connectivity index (χ1n) is 13.5. The lowest BCUT2D eigenvalue weighted by molar-refractivity contribution is -0.118. The topological polar surface area (TPSA) is 118 Å². The number of ether oxygens (including phenoxy) is 3. The maximum atomic E-state index is 12.5. The summed E-state index contributed by atoms with van der Waals surface area (Å²) in [6, 6.07) is 17.6. The van der Waals surface area contributed by atoms with Gasteiger partial charge in [0.2, 0.25) is 5.88 Å². The van der Waals surface area contributed by atoms with Crippen LogP contribution >= 0.6 is 0 Å². The Kier molecular flexibility index (Phi) is 7.47. The number of hydrogen-bond donors (Lipinski definition) is 2. The molecule has 0 unspecified atom stereocenters. The molecule has 0 saturated carbocycles. The van der Waals surface area contributed by atoms with Crippen LogP contribution < -0.4 is 25.0 Å². The molecule has 5 heterocycles. The Morgan fingerprint density at radius 1 is 1.10 bits per heavy atom. The van der Waals surface area contributed by atoms with Crippen molar-refractivity contribution in [1.82, 2.24) is 20.2 Å². The normalized spacial score (nSPS) is 20.6. The quantitative estimate of drug-likeness (QED) is 0.392. The van der Waals surface area contributed by atoms with E-state index in [0.29, 0.717) is 49.3 Å². The number of pyridine rings is 2. The van der Waals surface area contributed by atoms with Crippen LogP contribution in [0.3, 0.4) is 0 Å². The molecule has 11 nitrogen and oxygen atoms in total. The second kappa shape index (κ2) is 11.5. The smallest absolute Gasteiger partial charge is 0.415 e. The third kappa shape index (κ3) is 6.00. The number of aromatic nitrogens is 2. The highest BCUT2D eigenvalue weighted by atomic mass is 16.6. The maximum absolute atomic E-state index is 12.5. The Hall–Kier alpha value is -4.22. The van der Waals surface area contributed by atoms with Gasteiger partial charge in [-0.3, -0.25) is 9.69 Å². The fourth-order valence-electron chi connectivity index (χ4n) is 5.10. The van der Waals surface area contributed by atoms with Gasteiger partial charge in [0.25, 0.3) is 5.91 Å². The van der Waals surface area contributed by atoms with Crippen molar-refractivity contribution >= 4 is 23.6 Å². The Bertz CT molecular complexity index is 1400. The van der Waals surface area contributed by atoms with E-state index in [-0.39, 0.29) is 24.7 Å². The van der Waals surface area contributed by atoms with Crippen molar-refractivity contribution in [3.63, 3.8) is 0 Å². The van der Waals surface area contributed by atoms with E-state index in [4.69, 9.17) is 19.2 Å². The van der Waals surface area contributed by atoms with Crippen LogP contribution in [0.25, 0.3) is 11.3 Å². The molecule has 1 aromatic carbocycles. The highest BCUT2D eigenvalue weighted by Crippen LogP contribution is 2.30. The highest BCUT2D eigenvalue weighted by molar-refractivity contribution is 5.95. The molecule has 2 aromatic heterocycles. The highest BCUT2D eigenvalue weighted by Gasteiger charge is 2.33. The van der Waals surface area contributed by atoms with Crippen molar-refractivity contribution in [1.29, 1.82) is 0 Å². The summed E-state index contributed by atoms with van der Waals surface area (Å²) in [6.45, 7) is 3.66. The number of fused-ring (bicyclic) bond motifs is 1. The van der Waals surface area contributed by atoms with E-state index in [9.17, 15) is 9.59 Å². The van der Waals surface area contributed by atoms with Gasteiger partial charge in [-0.2, -0.15) is 0 Å². The molecule has 3 aliphatic rings. The summed E-state index contributed by atoms with van der Waals surface area (Å²) in [6.07, 6.45) is 1.14. The number of likely N-dealkylation sites (tertiary alicyclic amines) is 1. The van der Waals surface area contributed by atoms with Crippen molar-refractivity contribution < 1.29 is 23.8 Å². The Morgan fingerprint density at radius 2 is 2.00 bits per heavy atom. The molecule has 11 heteroatoms. The van der Waals surface area contributed by atoms with Crippen molar-refractivity contribution in [3.05, 3.63) is 60.2 Å². The summed E-state index contributed by atoms with van der Waals surface area (Å²) in [4.78, 5) is 36.9. The molecule has 3 aliphatic heterocycles. The van der Waals surface area contributed by atoms with Crippen LogP contribution in [0.4, 0.5) is 16.4 Å². The first kappa shape index (κ1) is 26.0. The lowest BCUT2D eigenvalue weighted by Crippen LogP contribution is -2.29. The fourth-order valence-corrected chi connectivity index (χ4v) is 5.10. The van der Waals surface area contributed by atoms with Crippen molar-refractivity contribution in [2.75, 3.05) is 50.1 Å². The minimum Gasteiger partial charge on any atom is -0.480 e. The van der Waals surface area contributed by atoms with Crippen LogP contribution in [-0.4, -0.2) is 78.9 Å². The first-order valence-corrected chi connectivity index (χ1v) is 13.5. The molecular weight excluding hydrogens is 512 g/mol. The average Bonchev–Trinajstić information content (AvgIpc) is 3.55. The number of cyclic esters (lactones) is 1. The Balaban J connectivity index is 0.997. The van der Waals surface area contributed by atoms with Gasteiger partial charge in [-0.25, -0.2) is 14.8 Å². The summed E-state index contributed by atoms with van der Waals surface area (Å²) in [7, 11) is 2.11. The number of nitrogens with one attached hydrogen (secondary N) is 2. The molecule has 2 atom stereocenters. The molecule has 3 aromatic rings. The summed E-state index contributed by atoms with van der Waals surface area (Å²) in [5.74, 6) is 1.59. The minimum absolute atomic E-state index is 0.0449. The molecule has 2 fully saturated rings.